The third-order valence-electron chi connectivity index (χ3n) is 4.13. The maximum atomic E-state index is 3.52. The molecule has 1 saturated heterocycles. The summed E-state index contributed by atoms with van der Waals surface area (Å²) in [6.07, 6.45) is 8.53. The van der Waals surface area contributed by atoms with Crippen molar-refractivity contribution in [3.8, 4) is 0 Å². The first-order valence-corrected chi connectivity index (χ1v) is 6.12. The molecule has 0 radical (unpaired) electrons. The fourth-order valence-corrected chi connectivity index (χ4v) is 2.77. The zero-order valence-corrected chi connectivity index (χ0v) is 9.68. The number of nitrogens with zero attached hydrogens (tertiary/aromatic N) is 1. The molecule has 1 aliphatic heterocycles. The molecular formula is C12H24N2. The van der Waals surface area contributed by atoms with E-state index < -0.39 is 0 Å². The molecular weight excluding hydrogens is 172 g/mol. The second-order valence-corrected chi connectivity index (χ2v) is 5.33. The summed E-state index contributed by atoms with van der Waals surface area (Å²) in [5, 5.41) is 3.52. The molecule has 0 aromatic heterocycles. The SMILES string of the molecule is CNC1(CC2CCCN(C)CC2)CC1. The molecule has 2 heteroatoms. The highest BCUT2D eigenvalue weighted by molar-refractivity contribution is 5.02. The lowest BCUT2D eigenvalue weighted by Gasteiger charge is -2.21. The van der Waals surface area contributed by atoms with Crippen molar-refractivity contribution in [2.45, 2.75) is 44.1 Å². The lowest BCUT2D eigenvalue weighted by molar-refractivity contribution is 0.323. The Labute approximate surface area is 88.1 Å². The number of nitrogens with one attached hydrogen (secondary N) is 1. The van der Waals surface area contributed by atoms with Crippen LogP contribution in [0.3, 0.4) is 0 Å². The normalized spacial score (nSPS) is 32.6. The van der Waals surface area contributed by atoms with Crippen molar-refractivity contribution in [3.63, 3.8) is 0 Å². The van der Waals surface area contributed by atoms with E-state index >= 15 is 0 Å². The number of hydrogen-bond acceptors (Lipinski definition) is 2. The minimum absolute atomic E-state index is 0.563. The summed E-state index contributed by atoms with van der Waals surface area (Å²) in [6, 6.07) is 0. The van der Waals surface area contributed by atoms with Gasteiger partial charge in [0, 0.05) is 5.54 Å². The zero-order valence-electron chi connectivity index (χ0n) is 9.68. The van der Waals surface area contributed by atoms with Crippen LogP contribution in [0.1, 0.15) is 38.5 Å². The van der Waals surface area contributed by atoms with Gasteiger partial charge in [-0.15, -0.1) is 0 Å². The van der Waals surface area contributed by atoms with Crippen LogP contribution in [0.4, 0.5) is 0 Å². The summed E-state index contributed by atoms with van der Waals surface area (Å²) in [5.74, 6) is 0.981. The van der Waals surface area contributed by atoms with Crippen molar-refractivity contribution >= 4 is 0 Å². The van der Waals surface area contributed by atoms with Gasteiger partial charge in [-0.1, -0.05) is 0 Å². The molecule has 0 amide bonds. The highest BCUT2D eigenvalue weighted by Gasteiger charge is 2.42. The van der Waals surface area contributed by atoms with Crippen molar-refractivity contribution in [1.29, 1.82) is 0 Å². The summed E-state index contributed by atoms with van der Waals surface area (Å²) in [5.41, 5.74) is 0.563. The molecule has 14 heavy (non-hydrogen) atoms. The summed E-state index contributed by atoms with van der Waals surface area (Å²) in [6.45, 7) is 2.62. The van der Waals surface area contributed by atoms with Crippen molar-refractivity contribution < 1.29 is 0 Å². The number of rotatable bonds is 3. The summed E-state index contributed by atoms with van der Waals surface area (Å²) in [4.78, 5) is 2.49. The molecule has 0 aromatic carbocycles. The largest absolute Gasteiger partial charge is 0.314 e. The van der Waals surface area contributed by atoms with Crippen LogP contribution < -0.4 is 5.32 Å². The Bertz CT molecular complexity index is 187. The predicted octanol–water partition coefficient (Wildman–Crippen LogP) is 1.86. The Kier molecular flexibility index (Phi) is 3.13. The van der Waals surface area contributed by atoms with Gasteiger partial charge in [0.25, 0.3) is 0 Å². The van der Waals surface area contributed by atoms with Gasteiger partial charge in [0.2, 0.25) is 0 Å². The Balaban J connectivity index is 1.80. The van der Waals surface area contributed by atoms with Crippen LogP contribution in [-0.4, -0.2) is 37.6 Å². The molecule has 2 rings (SSSR count). The minimum atomic E-state index is 0.563. The molecule has 2 nitrogen and oxygen atoms in total. The van der Waals surface area contributed by atoms with E-state index in [1.165, 1.54) is 51.6 Å². The van der Waals surface area contributed by atoms with Gasteiger partial charge in [-0.2, -0.15) is 0 Å². The summed E-state index contributed by atoms with van der Waals surface area (Å²) in [7, 11) is 4.39. The van der Waals surface area contributed by atoms with Crippen molar-refractivity contribution in [3.05, 3.63) is 0 Å². The van der Waals surface area contributed by atoms with E-state index in [1.807, 2.05) is 0 Å². The van der Waals surface area contributed by atoms with Crippen LogP contribution >= 0.6 is 0 Å². The van der Waals surface area contributed by atoms with Gasteiger partial charge in [0.15, 0.2) is 0 Å². The van der Waals surface area contributed by atoms with Crippen LogP contribution in [0, 0.1) is 5.92 Å². The fourth-order valence-electron chi connectivity index (χ4n) is 2.77. The van der Waals surface area contributed by atoms with Crippen LogP contribution in [-0.2, 0) is 0 Å². The van der Waals surface area contributed by atoms with Gasteiger partial charge >= 0.3 is 0 Å². The first kappa shape index (κ1) is 10.4. The first-order valence-electron chi connectivity index (χ1n) is 6.12. The number of likely N-dealkylation sites (tertiary alicyclic amines) is 1. The second-order valence-electron chi connectivity index (χ2n) is 5.33. The molecule has 0 spiro atoms. The van der Waals surface area contributed by atoms with Crippen molar-refractivity contribution in [1.82, 2.24) is 10.2 Å². The molecule has 1 atom stereocenters. The molecule has 0 aromatic rings. The van der Waals surface area contributed by atoms with E-state index in [2.05, 4.69) is 24.3 Å². The average Bonchev–Trinajstić information content (AvgIpc) is 2.95. The van der Waals surface area contributed by atoms with E-state index in [9.17, 15) is 0 Å². The van der Waals surface area contributed by atoms with Crippen molar-refractivity contribution in [2.24, 2.45) is 5.92 Å². The van der Waals surface area contributed by atoms with Gasteiger partial charge < -0.3 is 10.2 Å². The molecule has 1 N–H and O–H groups in total. The molecule has 2 fully saturated rings. The summed E-state index contributed by atoms with van der Waals surface area (Å²) < 4.78 is 0. The van der Waals surface area contributed by atoms with Crippen LogP contribution in [0.25, 0.3) is 0 Å². The number of hydrogen-bond donors (Lipinski definition) is 1. The smallest absolute Gasteiger partial charge is 0.0182 e. The van der Waals surface area contributed by atoms with Gasteiger partial charge in [-0.25, -0.2) is 0 Å². The predicted molar refractivity (Wildman–Crippen MR) is 60.5 cm³/mol. The monoisotopic (exact) mass is 196 g/mol. The molecule has 1 saturated carbocycles. The van der Waals surface area contributed by atoms with Crippen molar-refractivity contribution in [2.75, 3.05) is 27.2 Å². The quantitative estimate of drug-likeness (QED) is 0.741. The van der Waals surface area contributed by atoms with Gasteiger partial charge in [-0.3, -0.25) is 0 Å². The van der Waals surface area contributed by atoms with Gasteiger partial charge in [-0.05, 0) is 71.6 Å². The topological polar surface area (TPSA) is 15.3 Å². The second kappa shape index (κ2) is 4.19. The Hall–Kier alpha value is -0.0800. The molecule has 1 aliphatic carbocycles. The third-order valence-corrected chi connectivity index (χ3v) is 4.13. The molecule has 2 aliphatic rings. The average molecular weight is 196 g/mol. The van der Waals surface area contributed by atoms with Crippen LogP contribution in [0.2, 0.25) is 0 Å². The van der Waals surface area contributed by atoms with Crippen LogP contribution in [0.15, 0.2) is 0 Å². The van der Waals surface area contributed by atoms with E-state index in [4.69, 9.17) is 0 Å². The highest BCUT2D eigenvalue weighted by Crippen LogP contribution is 2.42. The minimum Gasteiger partial charge on any atom is -0.314 e. The molecule has 1 heterocycles. The standard InChI is InChI=1S/C12H24N2/c1-13-12(6-7-12)10-11-4-3-8-14(2)9-5-11/h11,13H,3-10H2,1-2H3. The maximum absolute atomic E-state index is 3.52. The van der Waals surface area contributed by atoms with E-state index in [0.29, 0.717) is 5.54 Å². The van der Waals surface area contributed by atoms with Crippen LogP contribution in [0.5, 0.6) is 0 Å². The lowest BCUT2D eigenvalue weighted by atomic mass is 9.91. The third kappa shape index (κ3) is 2.48. The van der Waals surface area contributed by atoms with E-state index in [-0.39, 0.29) is 0 Å². The Morgan fingerprint density at radius 3 is 2.71 bits per heavy atom. The maximum Gasteiger partial charge on any atom is 0.0182 e. The van der Waals surface area contributed by atoms with Gasteiger partial charge in [0.05, 0.1) is 0 Å². The fraction of sp³-hybridized carbons (Fsp3) is 1.00. The zero-order chi connectivity index (χ0) is 10.0. The Morgan fingerprint density at radius 2 is 2.07 bits per heavy atom. The molecule has 82 valence electrons. The highest BCUT2D eigenvalue weighted by atomic mass is 15.1. The van der Waals surface area contributed by atoms with E-state index in [1.54, 1.807) is 0 Å². The van der Waals surface area contributed by atoms with E-state index in [0.717, 1.165) is 5.92 Å². The Morgan fingerprint density at radius 1 is 1.29 bits per heavy atom. The molecule has 0 bridgehead atoms. The lowest BCUT2D eigenvalue weighted by Crippen LogP contribution is -2.30. The first-order chi connectivity index (χ1) is 6.74. The summed E-state index contributed by atoms with van der Waals surface area (Å²) >= 11 is 0. The molecule has 1 unspecified atom stereocenters. The van der Waals surface area contributed by atoms with Gasteiger partial charge in [0.1, 0.15) is 0 Å².